The van der Waals surface area contributed by atoms with Crippen molar-refractivity contribution in [2.75, 3.05) is 0 Å². The Morgan fingerprint density at radius 2 is 1.65 bits per heavy atom. The van der Waals surface area contributed by atoms with Crippen molar-refractivity contribution in [1.29, 1.82) is 0 Å². The summed E-state index contributed by atoms with van der Waals surface area (Å²) in [7, 11) is 0. The van der Waals surface area contributed by atoms with Crippen molar-refractivity contribution in [3.8, 4) is 0 Å². The van der Waals surface area contributed by atoms with Crippen LogP contribution in [-0.2, 0) is 14.3 Å². The van der Waals surface area contributed by atoms with Crippen LogP contribution in [0.1, 0.15) is 71.1 Å². The van der Waals surface area contributed by atoms with Gasteiger partial charge in [-0.05, 0) is 12.8 Å². The Balaban J connectivity index is 0.00000361. The molecule has 4 heteroatoms. The Bertz CT molecular complexity index is 313. The second-order valence-electron chi connectivity index (χ2n) is 5.30. The number of cyclic esters (lactones) is 2. The van der Waals surface area contributed by atoms with E-state index in [1.54, 1.807) is 0 Å². The molecule has 1 rings (SSSR count). The number of unbranched alkanes of at least 4 members (excludes halogenated alkanes) is 8. The molecule has 0 saturated carbocycles. The number of allylic oxidation sites excluding steroid dienone is 1. The van der Waals surface area contributed by atoms with E-state index in [0.717, 1.165) is 6.42 Å². The summed E-state index contributed by atoms with van der Waals surface area (Å²) in [6.45, 7) is 2.24. The molecule has 0 spiro atoms. The fourth-order valence-electron chi connectivity index (χ4n) is 2.30. The first-order chi connectivity index (χ1) is 9.24. The minimum absolute atomic E-state index is 0. The molecule has 0 aromatic carbocycles. The van der Waals surface area contributed by atoms with Gasteiger partial charge < -0.3 is 4.74 Å². The van der Waals surface area contributed by atoms with E-state index in [1.807, 2.05) is 12.2 Å². The van der Waals surface area contributed by atoms with Crippen LogP contribution in [0.15, 0.2) is 12.2 Å². The predicted octanol–water partition coefficient (Wildman–Crippen LogP) is 3.78. The van der Waals surface area contributed by atoms with Crippen LogP contribution in [0.4, 0.5) is 0 Å². The molecule has 1 fully saturated rings. The smallest absolute Gasteiger partial charge is 0.321 e. The summed E-state index contributed by atoms with van der Waals surface area (Å²) >= 11 is 0. The molecule has 20 heavy (non-hydrogen) atoms. The Labute approximate surface area is 144 Å². The van der Waals surface area contributed by atoms with E-state index in [4.69, 9.17) is 0 Å². The zero-order valence-corrected chi connectivity index (χ0v) is 15.0. The Hall–Kier alpha value is -0.120. The number of hydrogen-bond donors (Lipinski definition) is 0. The van der Waals surface area contributed by atoms with Gasteiger partial charge in [0.1, 0.15) is 0 Å². The molecule has 1 atom stereocenters. The van der Waals surface area contributed by atoms with Crippen LogP contribution in [0.5, 0.6) is 0 Å². The molecule has 1 aliphatic heterocycles. The Morgan fingerprint density at radius 3 is 2.20 bits per heavy atom. The number of hydrogen-bond acceptors (Lipinski definition) is 3. The summed E-state index contributed by atoms with van der Waals surface area (Å²) in [4.78, 5) is 22.1. The van der Waals surface area contributed by atoms with Gasteiger partial charge in [-0.15, -0.1) is 0 Å². The molecule has 1 saturated heterocycles. The fourth-order valence-corrected chi connectivity index (χ4v) is 2.30. The topological polar surface area (TPSA) is 43.4 Å². The van der Waals surface area contributed by atoms with Crippen molar-refractivity contribution in [3.63, 3.8) is 0 Å². The van der Waals surface area contributed by atoms with Crippen LogP contribution in [0.2, 0.25) is 0 Å². The summed E-state index contributed by atoms with van der Waals surface area (Å²) in [6.07, 6.45) is 15.5. The molecule has 0 amide bonds. The van der Waals surface area contributed by atoms with Crippen molar-refractivity contribution in [2.45, 2.75) is 71.1 Å². The number of esters is 2. The molecule has 109 valence electrons. The predicted molar refractivity (Wildman–Crippen MR) is 81.3 cm³/mol. The van der Waals surface area contributed by atoms with Gasteiger partial charge in [0.2, 0.25) is 0 Å². The minimum Gasteiger partial charge on any atom is -0.393 e. The monoisotopic (exact) mass is 289 g/mol. The Kier molecular flexibility index (Phi) is 12.5. The molecule has 0 bridgehead atoms. The zero-order chi connectivity index (χ0) is 13.9. The van der Waals surface area contributed by atoms with E-state index in [9.17, 15) is 9.59 Å². The van der Waals surface area contributed by atoms with Gasteiger partial charge in [0.05, 0.1) is 12.3 Å². The van der Waals surface area contributed by atoms with Crippen LogP contribution in [0.3, 0.4) is 0 Å². The van der Waals surface area contributed by atoms with Gasteiger partial charge in [-0.3, -0.25) is 9.59 Å². The second-order valence-corrected chi connectivity index (χ2v) is 5.30. The van der Waals surface area contributed by atoms with E-state index in [-0.39, 0.29) is 41.9 Å². The molecule has 1 unspecified atom stereocenters. The summed E-state index contributed by atoms with van der Waals surface area (Å²) in [5, 5.41) is 0. The van der Waals surface area contributed by atoms with Crippen molar-refractivity contribution in [2.24, 2.45) is 5.92 Å². The molecule has 0 N–H and O–H groups in total. The van der Waals surface area contributed by atoms with Gasteiger partial charge in [-0.2, -0.15) is 0 Å². The Morgan fingerprint density at radius 1 is 1.05 bits per heavy atom. The second kappa shape index (κ2) is 12.6. The van der Waals surface area contributed by atoms with E-state index in [2.05, 4.69) is 11.7 Å². The molecule has 3 nitrogen and oxygen atoms in total. The summed E-state index contributed by atoms with van der Waals surface area (Å²) < 4.78 is 4.49. The van der Waals surface area contributed by atoms with E-state index < -0.39 is 11.9 Å². The fraction of sp³-hybridized carbons (Fsp3) is 0.750. The zero-order valence-electron chi connectivity index (χ0n) is 13.0. The third-order valence-electron chi connectivity index (χ3n) is 3.50. The average molecular weight is 289 g/mol. The van der Waals surface area contributed by atoms with Crippen LogP contribution >= 0.6 is 0 Å². The standard InChI is InChI=1S/C16H26O3.Na/c1-2-3-4-5-6-7-8-9-10-11-12-14-13-15(17)19-16(14)18;/h11-12,14H,2-10,13H2,1H3;. The third-order valence-corrected chi connectivity index (χ3v) is 3.50. The number of rotatable bonds is 10. The van der Waals surface area contributed by atoms with Crippen LogP contribution < -0.4 is 0 Å². The quantitative estimate of drug-likeness (QED) is 0.202. The minimum atomic E-state index is -0.397. The van der Waals surface area contributed by atoms with E-state index in [0.29, 0.717) is 0 Å². The number of carbonyl (C=O) groups is 2. The van der Waals surface area contributed by atoms with E-state index >= 15 is 0 Å². The van der Waals surface area contributed by atoms with Crippen molar-refractivity contribution in [3.05, 3.63) is 12.2 Å². The molecular formula is C16H26NaO3. The maximum Gasteiger partial charge on any atom is 0.321 e. The summed E-state index contributed by atoms with van der Waals surface area (Å²) in [5.74, 6) is -1.12. The number of carbonyl (C=O) groups excluding carboxylic acids is 2. The molecule has 0 aromatic heterocycles. The van der Waals surface area contributed by atoms with Gasteiger partial charge in [-0.1, -0.05) is 64.0 Å². The van der Waals surface area contributed by atoms with Gasteiger partial charge in [0.25, 0.3) is 0 Å². The van der Waals surface area contributed by atoms with Crippen LogP contribution in [0, 0.1) is 5.92 Å². The summed E-state index contributed by atoms with van der Waals surface area (Å²) in [6, 6.07) is 0. The van der Waals surface area contributed by atoms with Crippen molar-refractivity contribution in [1.82, 2.24) is 0 Å². The summed E-state index contributed by atoms with van der Waals surface area (Å²) in [5.41, 5.74) is 0. The SMILES string of the molecule is CCCCCCCCCCC=CC1CC(=O)OC1=O.[Na]. The molecule has 0 aliphatic carbocycles. The molecule has 0 aromatic rings. The first kappa shape index (κ1) is 19.9. The van der Waals surface area contributed by atoms with Crippen molar-refractivity contribution < 1.29 is 14.3 Å². The van der Waals surface area contributed by atoms with E-state index in [1.165, 1.54) is 51.4 Å². The molecule has 1 heterocycles. The van der Waals surface area contributed by atoms with Gasteiger partial charge in [0, 0.05) is 29.6 Å². The molecular weight excluding hydrogens is 263 g/mol. The normalized spacial score (nSPS) is 18.4. The van der Waals surface area contributed by atoms with Gasteiger partial charge in [-0.25, -0.2) is 0 Å². The molecule has 1 aliphatic rings. The average Bonchev–Trinajstić information content (AvgIpc) is 2.70. The van der Waals surface area contributed by atoms with Crippen molar-refractivity contribution >= 4 is 41.5 Å². The largest absolute Gasteiger partial charge is 0.393 e. The molecule has 1 radical (unpaired) electrons. The first-order valence-corrected chi connectivity index (χ1v) is 7.65. The third kappa shape index (κ3) is 8.93. The van der Waals surface area contributed by atoms with Gasteiger partial charge in [0.15, 0.2) is 0 Å². The number of ether oxygens (including phenoxy) is 1. The van der Waals surface area contributed by atoms with Gasteiger partial charge >= 0.3 is 11.9 Å². The maximum atomic E-state index is 11.2. The van der Waals surface area contributed by atoms with Crippen LogP contribution in [0.25, 0.3) is 0 Å². The van der Waals surface area contributed by atoms with Crippen LogP contribution in [-0.4, -0.2) is 41.5 Å². The maximum absolute atomic E-state index is 11.2. The first-order valence-electron chi connectivity index (χ1n) is 7.65.